The van der Waals surface area contributed by atoms with E-state index in [4.69, 9.17) is 11.5 Å². The lowest BCUT2D eigenvalue weighted by Gasteiger charge is -2.31. The van der Waals surface area contributed by atoms with Gasteiger partial charge in [-0.2, -0.15) is 17.5 Å². The van der Waals surface area contributed by atoms with Crippen molar-refractivity contribution in [1.29, 1.82) is 0 Å². The molecule has 1 aromatic carbocycles. The van der Waals surface area contributed by atoms with Crippen molar-refractivity contribution in [3.63, 3.8) is 0 Å². The number of anilines is 4. The highest BCUT2D eigenvalue weighted by molar-refractivity contribution is 7.89. The van der Waals surface area contributed by atoms with E-state index in [0.717, 1.165) is 11.8 Å². The molecule has 0 unspecified atom stereocenters. The lowest BCUT2D eigenvalue weighted by molar-refractivity contribution is -0.137. The smallest absolute Gasteiger partial charge is 0.384 e. The van der Waals surface area contributed by atoms with Gasteiger partial charge in [0.05, 0.1) is 5.56 Å². The summed E-state index contributed by atoms with van der Waals surface area (Å²) in [5.41, 5.74) is 12.5. The average molecular weight is 648 g/mol. The summed E-state index contributed by atoms with van der Waals surface area (Å²) in [7, 11) is -2.36. The lowest BCUT2D eigenvalue weighted by atomic mass is 9.99. The van der Waals surface area contributed by atoms with E-state index in [1.54, 1.807) is 23.6 Å². The third-order valence-electron chi connectivity index (χ3n) is 7.23. The number of piperazine rings is 1. The highest BCUT2D eigenvalue weighted by atomic mass is 32.2. The highest BCUT2D eigenvalue weighted by Crippen LogP contribution is 2.41. The molecular weight excluding hydrogens is 615 g/mol. The van der Waals surface area contributed by atoms with E-state index in [2.05, 4.69) is 19.9 Å². The SMILES string of the molecule is CCCN(c1nc(-c2nc(N)cc(N)n2)cs1)c1cc(-c2cnc(S(=O)(=O)N3CCN(C)CC3)cc2C(F)(F)F)ccc1C. The fraction of sp³-hybridized carbons (Fsp3) is 0.357. The van der Waals surface area contributed by atoms with Gasteiger partial charge in [0, 0.05) is 61.6 Å². The number of pyridine rings is 1. The first-order valence-corrected chi connectivity index (χ1v) is 16.1. The molecule has 3 aromatic heterocycles. The van der Waals surface area contributed by atoms with E-state index < -0.39 is 26.8 Å². The number of nitrogens with zero attached hydrogens (tertiary/aromatic N) is 7. The Labute approximate surface area is 257 Å². The fourth-order valence-electron chi connectivity index (χ4n) is 4.90. The van der Waals surface area contributed by atoms with Crippen LogP contribution in [0, 0.1) is 6.92 Å². The molecule has 11 nitrogen and oxygen atoms in total. The number of hydrogen-bond donors (Lipinski definition) is 2. The number of aryl methyl sites for hydroxylation is 1. The van der Waals surface area contributed by atoms with Gasteiger partial charge in [0.25, 0.3) is 10.0 Å². The summed E-state index contributed by atoms with van der Waals surface area (Å²) in [6, 6.07) is 7.01. The van der Waals surface area contributed by atoms with Crippen LogP contribution < -0.4 is 16.4 Å². The number of rotatable bonds is 8. The van der Waals surface area contributed by atoms with Crippen molar-refractivity contribution in [1.82, 2.24) is 29.1 Å². The molecular formula is C28H32F3N9O2S2. The van der Waals surface area contributed by atoms with Crippen molar-refractivity contribution in [3.8, 4) is 22.6 Å². The zero-order chi connectivity index (χ0) is 31.8. The van der Waals surface area contributed by atoms with Crippen molar-refractivity contribution >= 4 is 43.8 Å². The highest BCUT2D eigenvalue weighted by Gasteiger charge is 2.37. The Bertz CT molecular complexity index is 1750. The number of benzene rings is 1. The van der Waals surface area contributed by atoms with Crippen molar-refractivity contribution < 1.29 is 21.6 Å². The number of nitrogens with two attached hydrogens (primary N) is 2. The Morgan fingerprint density at radius 1 is 1.02 bits per heavy atom. The standard InChI is InChI=1S/C28H32F3N9O2S2/c1-4-7-40(27-35-21(16-43-27)26-36-23(32)14-24(33)37-26)22-12-18(6-5-17(22)2)19-15-34-25(13-20(19)28(29,30)31)44(41,42)39-10-8-38(3)9-11-39/h5-6,12-16H,4,7-11H2,1-3H3,(H4,32,33,36,37). The van der Waals surface area contributed by atoms with Gasteiger partial charge in [-0.3, -0.25) is 0 Å². The van der Waals surface area contributed by atoms with Crippen molar-refractivity contribution in [2.45, 2.75) is 31.5 Å². The fourth-order valence-corrected chi connectivity index (χ4v) is 7.11. The summed E-state index contributed by atoms with van der Waals surface area (Å²) >= 11 is 1.32. The molecule has 0 bridgehead atoms. The molecule has 1 saturated heterocycles. The van der Waals surface area contributed by atoms with Crippen LogP contribution in [0.2, 0.25) is 0 Å². The topological polar surface area (TPSA) is 147 Å². The summed E-state index contributed by atoms with van der Waals surface area (Å²) in [6.07, 6.45) is -3.12. The van der Waals surface area contributed by atoms with Gasteiger partial charge in [0.1, 0.15) is 17.3 Å². The molecule has 234 valence electrons. The number of halogens is 3. The maximum Gasteiger partial charge on any atom is 0.417 e. The summed E-state index contributed by atoms with van der Waals surface area (Å²) in [5.74, 6) is 0.666. The Morgan fingerprint density at radius 2 is 1.70 bits per heavy atom. The zero-order valence-electron chi connectivity index (χ0n) is 24.3. The first-order valence-electron chi connectivity index (χ1n) is 13.8. The predicted molar refractivity (Wildman–Crippen MR) is 165 cm³/mol. The predicted octanol–water partition coefficient (Wildman–Crippen LogP) is 4.64. The molecule has 16 heteroatoms. The largest absolute Gasteiger partial charge is 0.417 e. The molecule has 5 rings (SSSR count). The molecule has 0 spiro atoms. The second-order valence-corrected chi connectivity index (χ2v) is 13.2. The van der Waals surface area contributed by atoms with Gasteiger partial charge >= 0.3 is 6.18 Å². The van der Waals surface area contributed by atoms with Gasteiger partial charge in [-0.25, -0.2) is 28.4 Å². The van der Waals surface area contributed by atoms with Gasteiger partial charge in [-0.05, 0) is 43.7 Å². The van der Waals surface area contributed by atoms with Crippen LogP contribution in [0.1, 0.15) is 24.5 Å². The number of aromatic nitrogens is 4. The van der Waals surface area contributed by atoms with E-state index in [1.807, 2.05) is 30.7 Å². The number of thiazole rings is 1. The van der Waals surface area contributed by atoms with Crippen LogP contribution in [-0.2, 0) is 16.2 Å². The summed E-state index contributed by atoms with van der Waals surface area (Å²) in [4.78, 5) is 21.0. The molecule has 44 heavy (non-hydrogen) atoms. The molecule has 0 aliphatic carbocycles. The van der Waals surface area contributed by atoms with Crippen LogP contribution in [0.4, 0.5) is 35.6 Å². The van der Waals surface area contributed by atoms with E-state index in [9.17, 15) is 21.6 Å². The Kier molecular flexibility index (Phi) is 8.80. The first kappa shape index (κ1) is 31.6. The number of likely N-dealkylation sites (N-methyl/N-ethyl adjacent to an activating group) is 1. The lowest BCUT2D eigenvalue weighted by Crippen LogP contribution is -2.47. The molecule has 1 fully saturated rings. The zero-order valence-corrected chi connectivity index (χ0v) is 26.0. The number of sulfonamides is 1. The van der Waals surface area contributed by atoms with E-state index in [1.165, 1.54) is 21.7 Å². The monoisotopic (exact) mass is 647 g/mol. The van der Waals surface area contributed by atoms with Crippen LogP contribution in [0.25, 0.3) is 22.6 Å². The Balaban J connectivity index is 1.55. The van der Waals surface area contributed by atoms with Crippen LogP contribution in [0.15, 0.2) is 46.9 Å². The molecule has 0 saturated carbocycles. The van der Waals surface area contributed by atoms with Gasteiger partial charge in [-0.15, -0.1) is 11.3 Å². The van der Waals surface area contributed by atoms with E-state index >= 15 is 0 Å². The second kappa shape index (κ2) is 12.3. The number of nitrogen functional groups attached to an aromatic ring is 2. The molecule has 4 heterocycles. The molecule has 4 N–H and O–H groups in total. The minimum atomic E-state index is -4.83. The summed E-state index contributed by atoms with van der Waals surface area (Å²) in [6.45, 7) is 5.65. The van der Waals surface area contributed by atoms with Crippen LogP contribution in [-0.4, -0.2) is 77.3 Å². The second-order valence-electron chi connectivity index (χ2n) is 10.5. The maximum atomic E-state index is 14.4. The number of alkyl halides is 3. The normalized spacial score (nSPS) is 15.0. The van der Waals surface area contributed by atoms with E-state index in [-0.39, 0.29) is 41.7 Å². The van der Waals surface area contributed by atoms with Crippen molar-refractivity contribution in [2.75, 3.05) is 56.1 Å². The van der Waals surface area contributed by atoms with E-state index in [0.29, 0.717) is 48.6 Å². The third kappa shape index (κ3) is 6.47. The van der Waals surface area contributed by atoms with Gasteiger partial charge in [0.15, 0.2) is 16.0 Å². The average Bonchev–Trinajstić information content (AvgIpc) is 3.46. The van der Waals surface area contributed by atoms with Crippen LogP contribution >= 0.6 is 11.3 Å². The molecule has 1 aliphatic heterocycles. The minimum absolute atomic E-state index is 0.174. The Hall–Kier alpha value is -3.86. The van der Waals surface area contributed by atoms with Crippen molar-refractivity contribution in [3.05, 3.63) is 53.0 Å². The summed E-state index contributed by atoms with van der Waals surface area (Å²) in [5, 5.41) is 1.71. The molecule has 1 aliphatic rings. The molecule has 0 atom stereocenters. The molecule has 0 radical (unpaired) electrons. The number of hydrogen-bond acceptors (Lipinski definition) is 11. The summed E-state index contributed by atoms with van der Waals surface area (Å²) < 4.78 is 71.0. The van der Waals surface area contributed by atoms with Gasteiger partial charge in [0.2, 0.25) is 0 Å². The van der Waals surface area contributed by atoms with Crippen LogP contribution in [0.5, 0.6) is 0 Å². The maximum absolute atomic E-state index is 14.4. The Morgan fingerprint density at radius 3 is 2.34 bits per heavy atom. The van der Waals surface area contributed by atoms with Crippen molar-refractivity contribution in [2.24, 2.45) is 0 Å². The molecule has 0 amide bonds. The quantitative estimate of drug-likeness (QED) is 0.277. The van der Waals surface area contributed by atoms with Crippen LogP contribution in [0.3, 0.4) is 0 Å². The first-order chi connectivity index (χ1) is 20.8. The van der Waals surface area contributed by atoms with Gasteiger partial charge in [-0.1, -0.05) is 19.1 Å². The van der Waals surface area contributed by atoms with Gasteiger partial charge < -0.3 is 21.3 Å². The minimum Gasteiger partial charge on any atom is -0.384 e. The third-order valence-corrected chi connectivity index (χ3v) is 9.89. The molecule has 4 aromatic rings.